The first-order valence-corrected chi connectivity index (χ1v) is 8.14. The molecule has 0 aliphatic heterocycles. The van der Waals surface area contributed by atoms with Crippen molar-refractivity contribution in [2.45, 2.75) is 6.54 Å². The maximum Gasteiger partial charge on any atom is 0.341 e. The Kier molecular flexibility index (Phi) is 3.22. The fraction of sp³-hybridized carbons (Fsp3) is 0.0588. The lowest BCUT2D eigenvalue weighted by Crippen LogP contribution is -2.30. The number of aromatic nitrogens is 8. The average molecular weight is 359 g/mol. The third-order valence-electron chi connectivity index (χ3n) is 4.26. The van der Waals surface area contributed by atoms with E-state index in [0.29, 0.717) is 34.3 Å². The normalized spacial score (nSPS) is 11.4. The molecular weight excluding hydrogens is 346 g/mol. The number of fused-ring (bicyclic) bond motifs is 2. The molecule has 0 saturated carbocycles. The van der Waals surface area contributed by atoms with Crippen molar-refractivity contribution in [3.8, 4) is 5.69 Å². The zero-order chi connectivity index (χ0) is 18.4. The number of nitrogens with zero attached hydrogens (tertiary/aromatic N) is 8. The van der Waals surface area contributed by atoms with Gasteiger partial charge in [-0.15, -0.1) is 0 Å². The van der Waals surface area contributed by atoms with Gasteiger partial charge in [0, 0.05) is 12.4 Å². The van der Waals surface area contributed by atoms with E-state index in [9.17, 15) is 4.79 Å². The maximum absolute atomic E-state index is 13.0. The molecule has 27 heavy (non-hydrogen) atoms. The molecule has 0 fully saturated rings. The lowest BCUT2D eigenvalue weighted by Gasteiger charge is -2.13. The second-order valence-electron chi connectivity index (χ2n) is 5.88. The van der Waals surface area contributed by atoms with Gasteiger partial charge in [-0.1, -0.05) is 18.2 Å². The van der Waals surface area contributed by atoms with Crippen molar-refractivity contribution >= 4 is 22.8 Å². The standard InChI is InChI=1S/C17H13N9O/c18-14-13-15(21-9-20-14)24(10-22-13)8-12-23-16-19-6-7-25(16)17(27)26(12)11-4-2-1-3-5-11/h1-7,9-10H,8H2,(H2,18,20,21). The van der Waals surface area contributed by atoms with Crippen LogP contribution in [0.4, 0.5) is 5.82 Å². The molecule has 0 aliphatic rings. The molecule has 0 spiro atoms. The summed E-state index contributed by atoms with van der Waals surface area (Å²) in [7, 11) is 0. The van der Waals surface area contributed by atoms with E-state index >= 15 is 0 Å². The molecule has 1 aromatic carbocycles. The van der Waals surface area contributed by atoms with E-state index in [2.05, 4.69) is 24.9 Å². The molecule has 0 amide bonds. The van der Waals surface area contributed by atoms with E-state index in [1.165, 1.54) is 10.7 Å². The van der Waals surface area contributed by atoms with Crippen molar-refractivity contribution in [3.63, 3.8) is 0 Å². The van der Waals surface area contributed by atoms with Crippen LogP contribution in [0.3, 0.4) is 0 Å². The number of hydrogen-bond donors (Lipinski definition) is 1. The fourth-order valence-corrected chi connectivity index (χ4v) is 3.02. The van der Waals surface area contributed by atoms with Gasteiger partial charge >= 0.3 is 5.69 Å². The number of nitrogen functional groups attached to an aromatic ring is 1. The van der Waals surface area contributed by atoms with E-state index < -0.39 is 0 Å². The minimum Gasteiger partial charge on any atom is -0.382 e. The Morgan fingerprint density at radius 1 is 1.04 bits per heavy atom. The molecule has 10 nitrogen and oxygen atoms in total. The van der Waals surface area contributed by atoms with E-state index in [1.54, 1.807) is 27.9 Å². The zero-order valence-corrected chi connectivity index (χ0v) is 14.0. The van der Waals surface area contributed by atoms with Gasteiger partial charge in [-0.2, -0.15) is 4.98 Å². The lowest BCUT2D eigenvalue weighted by atomic mass is 10.3. The minimum absolute atomic E-state index is 0.253. The number of rotatable bonds is 3. The van der Waals surface area contributed by atoms with E-state index in [0.717, 1.165) is 0 Å². The number of para-hydroxylation sites is 1. The summed E-state index contributed by atoms with van der Waals surface area (Å²) in [6.45, 7) is 0.264. The zero-order valence-electron chi connectivity index (χ0n) is 14.0. The fourth-order valence-electron chi connectivity index (χ4n) is 3.02. The molecule has 132 valence electrons. The van der Waals surface area contributed by atoms with Gasteiger partial charge in [0.15, 0.2) is 11.5 Å². The molecule has 0 bridgehead atoms. The first-order chi connectivity index (χ1) is 13.2. The largest absolute Gasteiger partial charge is 0.382 e. The van der Waals surface area contributed by atoms with Gasteiger partial charge in [-0.3, -0.25) is 0 Å². The summed E-state index contributed by atoms with van der Waals surface area (Å²) in [4.78, 5) is 34.2. The van der Waals surface area contributed by atoms with Crippen molar-refractivity contribution in [1.82, 2.24) is 38.5 Å². The number of nitrogens with two attached hydrogens (primary N) is 1. The van der Waals surface area contributed by atoms with Gasteiger partial charge in [0.05, 0.1) is 18.6 Å². The van der Waals surface area contributed by atoms with Crippen LogP contribution in [-0.2, 0) is 6.54 Å². The van der Waals surface area contributed by atoms with Gasteiger partial charge in [0.25, 0.3) is 0 Å². The molecule has 0 saturated heterocycles. The smallest absolute Gasteiger partial charge is 0.341 e. The molecule has 10 heteroatoms. The van der Waals surface area contributed by atoms with Gasteiger partial charge in [-0.25, -0.2) is 33.7 Å². The van der Waals surface area contributed by atoms with Crippen LogP contribution in [-0.4, -0.2) is 38.5 Å². The second-order valence-corrected chi connectivity index (χ2v) is 5.88. The summed E-state index contributed by atoms with van der Waals surface area (Å²) in [5.41, 5.74) is 7.39. The van der Waals surface area contributed by atoms with Crippen LogP contribution < -0.4 is 11.4 Å². The molecule has 0 aliphatic carbocycles. The van der Waals surface area contributed by atoms with Crippen molar-refractivity contribution in [2.75, 3.05) is 5.73 Å². The van der Waals surface area contributed by atoms with Crippen LogP contribution in [0.2, 0.25) is 0 Å². The highest BCUT2D eigenvalue weighted by atomic mass is 16.1. The van der Waals surface area contributed by atoms with Crippen LogP contribution >= 0.6 is 0 Å². The van der Waals surface area contributed by atoms with E-state index in [4.69, 9.17) is 5.73 Å². The third kappa shape index (κ3) is 2.34. The molecule has 5 rings (SSSR count). The first-order valence-electron chi connectivity index (χ1n) is 8.14. The number of imidazole rings is 2. The minimum atomic E-state index is -0.253. The lowest BCUT2D eigenvalue weighted by molar-refractivity contribution is 0.687. The van der Waals surface area contributed by atoms with Crippen LogP contribution in [0, 0.1) is 0 Å². The average Bonchev–Trinajstić information content (AvgIpc) is 3.31. The maximum atomic E-state index is 13.0. The monoisotopic (exact) mass is 359 g/mol. The highest BCUT2D eigenvalue weighted by molar-refractivity contribution is 5.81. The Morgan fingerprint density at radius 3 is 2.74 bits per heavy atom. The Bertz CT molecular complexity index is 1330. The number of benzene rings is 1. The topological polar surface area (TPSA) is 122 Å². The van der Waals surface area contributed by atoms with Crippen molar-refractivity contribution < 1.29 is 0 Å². The summed E-state index contributed by atoms with van der Waals surface area (Å²) in [5.74, 6) is 1.14. The predicted octanol–water partition coefficient (Wildman–Crippen LogP) is 0.650. The molecule has 5 aromatic rings. The first kappa shape index (κ1) is 15.2. The van der Waals surface area contributed by atoms with Crippen molar-refractivity contribution in [3.05, 3.63) is 71.7 Å². The van der Waals surface area contributed by atoms with Gasteiger partial charge in [0.1, 0.15) is 17.7 Å². The third-order valence-corrected chi connectivity index (χ3v) is 4.26. The SMILES string of the molecule is Nc1ncnc2c1ncn2Cc1nc2nccn2c(=O)n1-c1ccccc1. The highest BCUT2D eigenvalue weighted by Gasteiger charge is 2.16. The summed E-state index contributed by atoms with van der Waals surface area (Å²) in [6, 6.07) is 9.32. The predicted molar refractivity (Wildman–Crippen MR) is 97.4 cm³/mol. The Hall–Kier alpha value is -4.08. The van der Waals surface area contributed by atoms with Gasteiger partial charge < -0.3 is 10.3 Å². The van der Waals surface area contributed by atoms with Gasteiger partial charge in [0.2, 0.25) is 5.78 Å². The Labute approximate surface area is 151 Å². The van der Waals surface area contributed by atoms with Crippen LogP contribution in [0.25, 0.3) is 22.6 Å². The summed E-state index contributed by atoms with van der Waals surface area (Å²) >= 11 is 0. The molecule has 2 N–H and O–H groups in total. The number of hydrogen-bond acceptors (Lipinski definition) is 7. The van der Waals surface area contributed by atoms with Crippen molar-refractivity contribution in [2.24, 2.45) is 0 Å². The summed E-state index contributed by atoms with van der Waals surface area (Å²) in [6.07, 6.45) is 6.12. The van der Waals surface area contributed by atoms with E-state index in [-0.39, 0.29) is 12.2 Å². The molecule has 0 atom stereocenters. The summed E-state index contributed by atoms with van der Waals surface area (Å²) in [5, 5.41) is 0. The molecule has 0 unspecified atom stereocenters. The molecule has 4 aromatic heterocycles. The van der Waals surface area contributed by atoms with Crippen LogP contribution in [0.1, 0.15) is 5.82 Å². The second kappa shape index (κ2) is 5.73. The summed E-state index contributed by atoms with van der Waals surface area (Å²) < 4.78 is 4.72. The molecular formula is C17H13N9O. The quantitative estimate of drug-likeness (QED) is 0.502. The highest BCUT2D eigenvalue weighted by Crippen LogP contribution is 2.16. The van der Waals surface area contributed by atoms with Gasteiger partial charge in [-0.05, 0) is 12.1 Å². The molecule has 0 radical (unpaired) electrons. The van der Waals surface area contributed by atoms with Crippen molar-refractivity contribution in [1.29, 1.82) is 0 Å². The van der Waals surface area contributed by atoms with Crippen LogP contribution in [0.5, 0.6) is 0 Å². The van der Waals surface area contributed by atoms with Crippen LogP contribution in [0.15, 0.2) is 60.2 Å². The molecule has 4 heterocycles. The number of anilines is 1. The Balaban J connectivity index is 1.74. The van der Waals surface area contributed by atoms with E-state index in [1.807, 2.05) is 30.3 Å². The Morgan fingerprint density at radius 2 is 1.89 bits per heavy atom.